The van der Waals surface area contributed by atoms with Crippen LogP contribution in [0, 0.1) is 0 Å². The molecule has 2 aromatic heterocycles. The maximum atomic E-state index is 12.9. The number of anilines is 1. The Morgan fingerprint density at radius 2 is 1.93 bits per heavy atom. The van der Waals surface area contributed by atoms with E-state index in [4.69, 9.17) is 0 Å². The molecule has 0 radical (unpaired) electrons. The monoisotopic (exact) mass is 445 g/mol. The van der Waals surface area contributed by atoms with Gasteiger partial charge in [0.2, 0.25) is 5.91 Å². The second kappa shape index (κ2) is 8.31. The van der Waals surface area contributed by atoms with E-state index < -0.39 is 9.84 Å². The van der Waals surface area contributed by atoms with Gasteiger partial charge < -0.3 is 5.32 Å². The van der Waals surface area contributed by atoms with Gasteiger partial charge in [0.15, 0.2) is 9.84 Å². The van der Waals surface area contributed by atoms with Gasteiger partial charge in [-0.25, -0.2) is 13.4 Å². The van der Waals surface area contributed by atoms with Crippen LogP contribution in [0.2, 0.25) is 0 Å². The Kier molecular flexibility index (Phi) is 5.75. The quantitative estimate of drug-likeness (QED) is 0.628. The Balaban J connectivity index is 1.44. The van der Waals surface area contributed by atoms with E-state index in [9.17, 15) is 18.0 Å². The zero-order chi connectivity index (χ0) is 21.3. The van der Waals surface area contributed by atoms with E-state index in [0.29, 0.717) is 11.1 Å². The molecule has 0 spiro atoms. The van der Waals surface area contributed by atoms with Crippen LogP contribution in [0.1, 0.15) is 36.6 Å². The smallest absolute Gasteiger partial charge is 0.262 e. The van der Waals surface area contributed by atoms with E-state index in [2.05, 4.69) is 10.3 Å². The second-order valence-electron chi connectivity index (χ2n) is 7.36. The van der Waals surface area contributed by atoms with Crippen molar-refractivity contribution in [1.29, 1.82) is 0 Å². The van der Waals surface area contributed by atoms with Crippen LogP contribution in [0.4, 0.5) is 5.69 Å². The fourth-order valence-corrected chi connectivity index (χ4v) is 5.80. The fraction of sp³-hybridized carbons (Fsp3) is 0.381. The molecule has 9 heteroatoms. The Bertz CT molecular complexity index is 1260. The van der Waals surface area contributed by atoms with Crippen LogP contribution >= 0.6 is 11.3 Å². The van der Waals surface area contributed by atoms with Gasteiger partial charge in [0, 0.05) is 23.5 Å². The zero-order valence-corrected chi connectivity index (χ0v) is 18.3. The number of carbonyl (C=O) groups excluding carboxylic acids is 1. The lowest BCUT2D eigenvalue weighted by Gasteiger charge is -2.10. The van der Waals surface area contributed by atoms with Gasteiger partial charge in [-0.05, 0) is 55.5 Å². The first-order chi connectivity index (χ1) is 14.4. The summed E-state index contributed by atoms with van der Waals surface area (Å²) in [6.45, 7) is 1.83. The molecule has 2 heterocycles. The van der Waals surface area contributed by atoms with Crippen molar-refractivity contribution in [3.8, 4) is 0 Å². The van der Waals surface area contributed by atoms with Crippen LogP contribution in [-0.2, 0) is 34.0 Å². The second-order valence-corrected chi connectivity index (χ2v) is 10.7. The number of sulfone groups is 1. The molecule has 4 rings (SSSR count). The molecule has 158 valence electrons. The molecule has 1 aliphatic carbocycles. The van der Waals surface area contributed by atoms with Crippen molar-refractivity contribution in [2.24, 2.45) is 0 Å². The Labute approximate surface area is 178 Å². The van der Waals surface area contributed by atoms with Crippen LogP contribution in [0.3, 0.4) is 0 Å². The highest BCUT2D eigenvalue weighted by Crippen LogP contribution is 2.33. The first-order valence-electron chi connectivity index (χ1n) is 10.0. The summed E-state index contributed by atoms with van der Waals surface area (Å²) >= 11 is 1.61. The van der Waals surface area contributed by atoms with Crippen LogP contribution < -0.4 is 10.9 Å². The lowest BCUT2D eigenvalue weighted by Crippen LogP contribution is -2.24. The number of aryl methyl sites for hydroxylation is 3. The molecular weight excluding hydrogens is 422 g/mol. The third-order valence-corrected chi connectivity index (χ3v) is 8.35. The fourth-order valence-electron chi connectivity index (χ4n) is 3.70. The molecule has 0 aliphatic heterocycles. The first kappa shape index (κ1) is 20.7. The predicted molar refractivity (Wildman–Crippen MR) is 118 cm³/mol. The third kappa shape index (κ3) is 4.04. The topological polar surface area (TPSA) is 98.1 Å². The molecule has 1 aromatic carbocycles. The molecule has 1 N–H and O–H groups in total. The number of nitrogens with one attached hydrogen (secondary N) is 1. The summed E-state index contributed by atoms with van der Waals surface area (Å²) in [4.78, 5) is 32.0. The maximum absolute atomic E-state index is 12.9. The van der Waals surface area contributed by atoms with Crippen molar-refractivity contribution in [3.05, 3.63) is 51.4 Å². The van der Waals surface area contributed by atoms with Crippen molar-refractivity contribution in [1.82, 2.24) is 9.55 Å². The number of nitrogens with zero attached hydrogens (tertiary/aromatic N) is 2. The summed E-state index contributed by atoms with van der Waals surface area (Å²) < 4.78 is 25.2. The lowest BCUT2D eigenvalue weighted by atomic mass is 9.97. The zero-order valence-electron chi connectivity index (χ0n) is 16.7. The van der Waals surface area contributed by atoms with Gasteiger partial charge in [0.05, 0.1) is 22.4 Å². The molecule has 0 bridgehead atoms. The van der Waals surface area contributed by atoms with Crippen molar-refractivity contribution in [3.63, 3.8) is 0 Å². The molecule has 0 fully saturated rings. The molecule has 3 aromatic rings. The van der Waals surface area contributed by atoms with Crippen LogP contribution in [0.25, 0.3) is 10.2 Å². The number of benzene rings is 1. The van der Waals surface area contributed by atoms with Crippen molar-refractivity contribution in [2.75, 3.05) is 11.1 Å². The molecule has 30 heavy (non-hydrogen) atoms. The average Bonchev–Trinajstić information content (AvgIpc) is 3.13. The summed E-state index contributed by atoms with van der Waals surface area (Å²) in [6.07, 6.45) is 5.81. The normalized spacial score (nSPS) is 13.9. The van der Waals surface area contributed by atoms with Gasteiger partial charge in [-0.3, -0.25) is 14.2 Å². The lowest BCUT2D eigenvalue weighted by molar-refractivity contribution is -0.116. The number of fused-ring (bicyclic) bond motifs is 3. The highest BCUT2D eigenvalue weighted by Gasteiger charge is 2.20. The number of carbonyl (C=O) groups is 1. The van der Waals surface area contributed by atoms with Gasteiger partial charge in [-0.15, -0.1) is 11.3 Å². The van der Waals surface area contributed by atoms with E-state index in [0.717, 1.165) is 36.1 Å². The summed E-state index contributed by atoms with van der Waals surface area (Å²) in [5, 5.41) is 3.46. The standard InChI is InChI=1S/C21H23N3O4S2/c1-2-30(27,28)15-9-7-14(8-10-15)23-18(25)11-12-24-13-22-20-19(21(24)26)16-5-3-4-6-17(16)29-20/h7-10,13H,2-6,11-12H2,1H3,(H,23,25). The van der Waals surface area contributed by atoms with Gasteiger partial charge in [0.1, 0.15) is 4.83 Å². The van der Waals surface area contributed by atoms with Crippen LogP contribution in [0.15, 0.2) is 40.3 Å². The number of thiophene rings is 1. The minimum absolute atomic E-state index is 0.0270. The average molecular weight is 446 g/mol. The number of rotatable bonds is 6. The van der Waals surface area contributed by atoms with Crippen molar-refractivity contribution in [2.45, 2.75) is 50.5 Å². The van der Waals surface area contributed by atoms with E-state index in [-0.39, 0.29) is 35.1 Å². The largest absolute Gasteiger partial charge is 0.326 e. The molecule has 1 aliphatic rings. The Morgan fingerprint density at radius 1 is 1.20 bits per heavy atom. The molecule has 0 saturated carbocycles. The number of aromatic nitrogens is 2. The van der Waals surface area contributed by atoms with Gasteiger partial charge in [0.25, 0.3) is 5.56 Å². The molecule has 7 nitrogen and oxygen atoms in total. The Morgan fingerprint density at radius 3 is 2.67 bits per heavy atom. The van der Waals surface area contributed by atoms with E-state index in [1.54, 1.807) is 30.4 Å². The highest BCUT2D eigenvalue weighted by atomic mass is 32.2. The van der Waals surface area contributed by atoms with Crippen molar-refractivity contribution < 1.29 is 13.2 Å². The van der Waals surface area contributed by atoms with Crippen LogP contribution in [-0.4, -0.2) is 29.6 Å². The van der Waals surface area contributed by atoms with Crippen molar-refractivity contribution >= 4 is 43.0 Å². The third-order valence-electron chi connectivity index (χ3n) is 5.40. The molecule has 0 unspecified atom stereocenters. The van der Waals surface area contributed by atoms with Crippen LogP contribution in [0.5, 0.6) is 0 Å². The molecule has 0 atom stereocenters. The Hall–Kier alpha value is -2.52. The first-order valence-corrected chi connectivity index (χ1v) is 12.5. The molecular formula is C21H23N3O4S2. The van der Waals surface area contributed by atoms with E-state index in [1.807, 2.05) is 0 Å². The SMILES string of the molecule is CCS(=O)(=O)c1ccc(NC(=O)CCn2cnc3sc4c(c3c2=O)CCCC4)cc1. The molecule has 0 saturated heterocycles. The number of hydrogen-bond donors (Lipinski definition) is 1. The minimum Gasteiger partial charge on any atom is -0.326 e. The van der Waals surface area contributed by atoms with Gasteiger partial charge >= 0.3 is 0 Å². The summed E-state index contributed by atoms with van der Waals surface area (Å²) in [7, 11) is -3.27. The predicted octanol–water partition coefficient (Wildman–Crippen LogP) is 3.16. The molecule has 1 amide bonds. The summed E-state index contributed by atoms with van der Waals surface area (Å²) in [5.41, 5.74) is 1.57. The number of hydrogen-bond acceptors (Lipinski definition) is 6. The number of amides is 1. The van der Waals surface area contributed by atoms with E-state index >= 15 is 0 Å². The van der Waals surface area contributed by atoms with E-state index in [1.165, 1.54) is 27.9 Å². The summed E-state index contributed by atoms with van der Waals surface area (Å²) in [6, 6.07) is 6.10. The maximum Gasteiger partial charge on any atom is 0.262 e. The summed E-state index contributed by atoms with van der Waals surface area (Å²) in [5.74, 6) is -0.223. The minimum atomic E-state index is -3.27. The highest BCUT2D eigenvalue weighted by molar-refractivity contribution is 7.91. The van der Waals surface area contributed by atoms with Gasteiger partial charge in [-0.2, -0.15) is 0 Å². The van der Waals surface area contributed by atoms with Gasteiger partial charge in [-0.1, -0.05) is 6.92 Å².